The lowest BCUT2D eigenvalue weighted by atomic mass is 10.0. The van der Waals surface area contributed by atoms with Crippen molar-refractivity contribution in [3.8, 4) is 0 Å². The number of piperidine rings is 1. The molecular weight excluding hydrogens is 210 g/mol. The summed E-state index contributed by atoms with van der Waals surface area (Å²) in [7, 11) is 0. The Kier molecular flexibility index (Phi) is 3.97. The van der Waals surface area contributed by atoms with E-state index in [1.165, 1.54) is 6.42 Å². The molecule has 0 bridgehead atoms. The second kappa shape index (κ2) is 5.67. The summed E-state index contributed by atoms with van der Waals surface area (Å²) in [6.45, 7) is 3.03. The Balaban J connectivity index is 1.99. The third-order valence-electron chi connectivity index (χ3n) is 3.30. The molecule has 1 aromatic rings. The number of carbonyl (C=O) groups excluding carboxylic acids is 1. The van der Waals surface area contributed by atoms with Crippen LogP contribution in [0.25, 0.3) is 6.08 Å². The van der Waals surface area contributed by atoms with Gasteiger partial charge in [0.05, 0.1) is 0 Å². The molecule has 17 heavy (non-hydrogen) atoms. The zero-order valence-electron chi connectivity index (χ0n) is 10.3. The molecule has 0 radical (unpaired) electrons. The zero-order chi connectivity index (χ0) is 12.1. The van der Waals surface area contributed by atoms with Crippen LogP contribution >= 0.6 is 0 Å². The third kappa shape index (κ3) is 3.19. The Bertz CT molecular complexity index is 397. The minimum atomic E-state index is 0.140. The normalized spacial score (nSPS) is 20.8. The first-order valence-electron chi connectivity index (χ1n) is 6.31. The van der Waals surface area contributed by atoms with Crippen molar-refractivity contribution in [1.82, 2.24) is 4.90 Å². The van der Waals surface area contributed by atoms with Crippen LogP contribution in [-0.2, 0) is 4.79 Å². The van der Waals surface area contributed by atoms with Crippen molar-refractivity contribution in [3.05, 3.63) is 42.0 Å². The van der Waals surface area contributed by atoms with Gasteiger partial charge in [-0.1, -0.05) is 30.3 Å². The summed E-state index contributed by atoms with van der Waals surface area (Å²) in [6, 6.07) is 10.3. The number of hydrogen-bond donors (Lipinski definition) is 0. The van der Waals surface area contributed by atoms with E-state index in [-0.39, 0.29) is 5.91 Å². The van der Waals surface area contributed by atoms with Gasteiger partial charge in [-0.3, -0.25) is 4.79 Å². The first kappa shape index (κ1) is 11.9. The van der Waals surface area contributed by atoms with Crippen LogP contribution in [-0.4, -0.2) is 23.4 Å². The average molecular weight is 229 g/mol. The molecule has 1 saturated heterocycles. The van der Waals surface area contributed by atoms with E-state index in [0.717, 1.165) is 24.9 Å². The highest BCUT2D eigenvalue weighted by atomic mass is 16.2. The molecular formula is C15H19NO. The summed E-state index contributed by atoms with van der Waals surface area (Å²) in [6.07, 6.45) is 7.09. The summed E-state index contributed by atoms with van der Waals surface area (Å²) >= 11 is 0. The SMILES string of the molecule is CC1CCCCN1C(=O)C=Cc1ccccc1. The average Bonchev–Trinajstić information content (AvgIpc) is 2.38. The van der Waals surface area contributed by atoms with Gasteiger partial charge in [0.25, 0.3) is 0 Å². The molecule has 2 rings (SSSR count). The smallest absolute Gasteiger partial charge is 0.246 e. The van der Waals surface area contributed by atoms with Crippen molar-refractivity contribution in [2.45, 2.75) is 32.2 Å². The van der Waals surface area contributed by atoms with Gasteiger partial charge in [0.2, 0.25) is 5.91 Å². The standard InChI is InChI=1S/C15H19NO/c1-13-7-5-6-12-16(13)15(17)11-10-14-8-3-2-4-9-14/h2-4,8-11,13H,5-7,12H2,1H3. The molecule has 0 N–H and O–H groups in total. The molecule has 2 heteroatoms. The van der Waals surface area contributed by atoms with Crippen molar-refractivity contribution in [2.24, 2.45) is 0 Å². The minimum absolute atomic E-state index is 0.140. The lowest BCUT2D eigenvalue weighted by Gasteiger charge is -2.32. The van der Waals surface area contributed by atoms with Crippen molar-refractivity contribution >= 4 is 12.0 Å². The molecule has 1 heterocycles. The highest BCUT2D eigenvalue weighted by Gasteiger charge is 2.20. The maximum atomic E-state index is 12.0. The van der Waals surface area contributed by atoms with Crippen LogP contribution in [0.15, 0.2) is 36.4 Å². The van der Waals surface area contributed by atoms with E-state index in [1.54, 1.807) is 6.08 Å². The molecule has 1 amide bonds. The highest BCUT2D eigenvalue weighted by molar-refractivity contribution is 5.92. The van der Waals surface area contributed by atoms with Crippen LogP contribution in [0.1, 0.15) is 31.7 Å². The second-order valence-electron chi connectivity index (χ2n) is 4.62. The lowest BCUT2D eigenvalue weighted by molar-refractivity contribution is -0.129. The first-order chi connectivity index (χ1) is 8.27. The van der Waals surface area contributed by atoms with Gasteiger partial charge in [-0.25, -0.2) is 0 Å². The van der Waals surface area contributed by atoms with E-state index in [4.69, 9.17) is 0 Å². The van der Waals surface area contributed by atoms with Gasteiger partial charge in [-0.15, -0.1) is 0 Å². The van der Waals surface area contributed by atoms with Gasteiger partial charge in [0.1, 0.15) is 0 Å². The summed E-state index contributed by atoms with van der Waals surface area (Å²) in [4.78, 5) is 14.0. The molecule has 1 unspecified atom stereocenters. The van der Waals surface area contributed by atoms with Crippen molar-refractivity contribution in [2.75, 3.05) is 6.54 Å². The maximum Gasteiger partial charge on any atom is 0.246 e. The maximum absolute atomic E-state index is 12.0. The fourth-order valence-corrected chi connectivity index (χ4v) is 2.25. The van der Waals surface area contributed by atoms with Crippen LogP contribution in [0.4, 0.5) is 0 Å². The molecule has 1 aliphatic rings. The van der Waals surface area contributed by atoms with Gasteiger partial charge in [-0.2, -0.15) is 0 Å². The monoisotopic (exact) mass is 229 g/mol. The molecule has 1 aliphatic heterocycles. The van der Waals surface area contributed by atoms with E-state index in [2.05, 4.69) is 6.92 Å². The first-order valence-corrected chi connectivity index (χ1v) is 6.31. The second-order valence-corrected chi connectivity index (χ2v) is 4.62. The summed E-state index contributed by atoms with van der Waals surface area (Å²) in [5, 5.41) is 0. The molecule has 0 aliphatic carbocycles. The van der Waals surface area contributed by atoms with Gasteiger partial charge in [0.15, 0.2) is 0 Å². The molecule has 1 fully saturated rings. The molecule has 0 spiro atoms. The topological polar surface area (TPSA) is 20.3 Å². The Hall–Kier alpha value is -1.57. The fourth-order valence-electron chi connectivity index (χ4n) is 2.25. The molecule has 2 nitrogen and oxygen atoms in total. The van der Waals surface area contributed by atoms with Crippen LogP contribution in [0, 0.1) is 0 Å². The number of nitrogens with zero attached hydrogens (tertiary/aromatic N) is 1. The zero-order valence-corrected chi connectivity index (χ0v) is 10.3. The van der Waals surface area contributed by atoms with E-state index >= 15 is 0 Å². The highest BCUT2D eigenvalue weighted by Crippen LogP contribution is 2.16. The molecule has 0 saturated carbocycles. The van der Waals surface area contributed by atoms with Crippen LogP contribution in [0.2, 0.25) is 0 Å². The van der Waals surface area contributed by atoms with Crippen LogP contribution in [0.3, 0.4) is 0 Å². The van der Waals surface area contributed by atoms with E-state index in [0.29, 0.717) is 6.04 Å². The Morgan fingerprint density at radius 1 is 1.29 bits per heavy atom. The van der Waals surface area contributed by atoms with Gasteiger partial charge >= 0.3 is 0 Å². The number of carbonyl (C=O) groups is 1. The molecule has 90 valence electrons. The number of likely N-dealkylation sites (tertiary alicyclic amines) is 1. The van der Waals surface area contributed by atoms with Gasteiger partial charge < -0.3 is 4.90 Å². The summed E-state index contributed by atoms with van der Waals surface area (Å²) in [5.41, 5.74) is 1.07. The fraction of sp³-hybridized carbons (Fsp3) is 0.400. The summed E-state index contributed by atoms with van der Waals surface area (Å²) in [5.74, 6) is 0.140. The van der Waals surface area contributed by atoms with Gasteiger partial charge in [0, 0.05) is 18.7 Å². The lowest BCUT2D eigenvalue weighted by Crippen LogP contribution is -2.41. The quantitative estimate of drug-likeness (QED) is 0.714. The Morgan fingerprint density at radius 3 is 2.76 bits per heavy atom. The number of amides is 1. The Morgan fingerprint density at radius 2 is 2.06 bits per heavy atom. The van der Waals surface area contributed by atoms with Crippen molar-refractivity contribution in [1.29, 1.82) is 0 Å². The molecule has 1 atom stereocenters. The predicted molar refractivity (Wildman–Crippen MR) is 70.5 cm³/mol. The van der Waals surface area contributed by atoms with Crippen molar-refractivity contribution < 1.29 is 4.79 Å². The van der Waals surface area contributed by atoms with Crippen molar-refractivity contribution in [3.63, 3.8) is 0 Å². The minimum Gasteiger partial charge on any atom is -0.336 e. The molecule has 0 aromatic heterocycles. The van der Waals surface area contributed by atoms with Gasteiger partial charge in [-0.05, 0) is 37.8 Å². The van der Waals surface area contributed by atoms with Crippen LogP contribution in [0.5, 0.6) is 0 Å². The van der Waals surface area contributed by atoms with E-state index < -0.39 is 0 Å². The van der Waals surface area contributed by atoms with E-state index in [1.807, 2.05) is 41.3 Å². The summed E-state index contributed by atoms with van der Waals surface area (Å²) < 4.78 is 0. The predicted octanol–water partition coefficient (Wildman–Crippen LogP) is 3.10. The van der Waals surface area contributed by atoms with Crippen LogP contribution < -0.4 is 0 Å². The van der Waals surface area contributed by atoms with E-state index in [9.17, 15) is 4.79 Å². The Labute approximate surface area is 103 Å². The largest absolute Gasteiger partial charge is 0.336 e. The number of benzene rings is 1. The number of hydrogen-bond acceptors (Lipinski definition) is 1. The number of rotatable bonds is 2. The molecule has 1 aromatic carbocycles. The third-order valence-corrected chi connectivity index (χ3v) is 3.30.